The van der Waals surface area contributed by atoms with Crippen LogP contribution in [0.1, 0.15) is 58.8 Å². The second-order valence-electron chi connectivity index (χ2n) is 5.44. The summed E-state index contributed by atoms with van der Waals surface area (Å²) in [6.45, 7) is 6.68. The van der Waals surface area contributed by atoms with E-state index < -0.39 is 0 Å². The highest BCUT2D eigenvalue weighted by atomic mass is 15.2. The Labute approximate surface area is 101 Å². The Bertz CT molecular complexity index is 209. The van der Waals surface area contributed by atoms with Gasteiger partial charge in [-0.3, -0.25) is 4.90 Å². The fraction of sp³-hybridized carbons (Fsp3) is 0.929. The molecule has 1 saturated carbocycles. The lowest BCUT2D eigenvalue weighted by Crippen LogP contribution is -2.38. The van der Waals surface area contributed by atoms with Crippen LogP contribution in [0.3, 0.4) is 0 Å². The zero-order chi connectivity index (χ0) is 11.8. The van der Waals surface area contributed by atoms with Gasteiger partial charge in [-0.05, 0) is 18.8 Å². The SMILES string of the molecule is CC(C)CN(CCC#N)C1CCCCCC1. The van der Waals surface area contributed by atoms with E-state index in [1.165, 1.54) is 38.5 Å². The Morgan fingerprint density at radius 1 is 1.19 bits per heavy atom. The molecule has 0 unspecified atom stereocenters. The fourth-order valence-corrected chi connectivity index (χ4v) is 2.71. The summed E-state index contributed by atoms with van der Waals surface area (Å²) in [6, 6.07) is 3.03. The van der Waals surface area contributed by atoms with E-state index in [-0.39, 0.29) is 0 Å². The van der Waals surface area contributed by atoms with E-state index in [2.05, 4.69) is 24.8 Å². The third kappa shape index (κ3) is 4.99. The highest BCUT2D eigenvalue weighted by Gasteiger charge is 2.20. The number of nitriles is 1. The first-order valence-corrected chi connectivity index (χ1v) is 6.85. The van der Waals surface area contributed by atoms with E-state index in [1.807, 2.05) is 0 Å². The molecule has 0 atom stereocenters. The molecular weight excluding hydrogens is 196 g/mol. The van der Waals surface area contributed by atoms with Crippen molar-refractivity contribution in [3.05, 3.63) is 0 Å². The van der Waals surface area contributed by atoms with Gasteiger partial charge >= 0.3 is 0 Å². The van der Waals surface area contributed by atoms with Crippen molar-refractivity contribution in [3.63, 3.8) is 0 Å². The molecule has 0 aromatic carbocycles. The Morgan fingerprint density at radius 2 is 1.81 bits per heavy atom. The van der Waals surface area contributed by atoms with Gasteiger partial charge in [-0.25, -0.2) is 0 Å². The summed E-state index contributed by atoms with van der Waals surface area (Å²) in [6.07, 6.45) is 8.95. The summed E-state index contributed by atoms with van der Waals surface area (Å²) < 4.78 is 0. The fourth-order valence-electron chi connectivity index (χ4n) is 2.71. The van der Waals surface area contributed by atoms with Crippen LogP contribution in [0, 0.1) is 17.2 Å². The van der Waals surface area contributed by atoms with Crippen LogP contribution in [-0.2, 0) is 0 Å². The van der Waals surface area contributed by atoms with E-state index in [0.717, 1.165) is 19.1 Å². The summed E-state index contributed by atoms with van der Waals surface area (Å²) in [5, 5.41) is 8.73. The van der Waals surface area contributed by atoms with Crippen molar-refractivity contribution in [2.75, 3.05) is 13.1 Å². The number of hydrogen-bond donors (Lipinski definition) is 0. The number of nitrogens with zero attached hydrogens (tertiary/aromatic N) is 2. The molecule has 16 heavy (non-hydrogen) atoms. The first kappa shape index (κ1) is 13.5. The van der Waals surface area contributed by atoms with Gasteiger partial charge in [0.25, 0.3) is 0 Å². The molecule has 0 bridgehead atoms. The van der Waals surface area contributed by atoms with E-state index >= 15 is 0 Å². The highest BCUT2D eigenvalue weighted by Crippen LogP contribution is 2.22. The molecule has 0 amide bonds. The van der Waals surface area contributed by atoms with Gasteiger partial charge < -0.3 is 0 Å². The molecule has 0 radical (unpaired) electrons. The maximum absolute atomic E-state index is 8.73. The van der Waals surface area contributed by atoms with Crippen LogP contribution in [0.4, 0.5) is 0 Å². The van der Waals surface area contributed by atoms with Gasteiger partial charge in [0.1, 0.15) is 0 Å². The van der Waals surface area contributed by atoms with Crippen LogP contribution in [-0.4, -0.2) is 24.0 Å². The second-order valence-corrected chi connectivity index (χ2v) is 5.44. The molecule has 0 N–H and O–H groups in total. The molecule has 0 aliphatic heterocycles. The molecule has 0 spiro atoms. The van der Waals surface area contributed by atoms with Gasteiger partial charge in [0.2, 0.25) is 0 Å². The Kier molecular flexibility index (Phi) is 6.49. The minimum absolute atomic E-state index is 0.684. The summed E-state index contributed by atoms with van der Waals surface area (Å²) in [4.78, 5) is 2.57. The van der Waals surface area contributed by atoms with Gasteiger partial charge in [-0.2, -0.15) is 5.26 Å². The van der Waals surface area contributed by atoms with Crippen LogP contribution in [0.15, 0.2) is 0 Å². The normalized spacial score (nSPS) is 18.7. The van der Waals surface area contributed by atoms with Crippen LogP contribution in [0.5, 0.6) is 0 Å². The van der Waals surface area contributed by atoms with E-state index in [1.54, 1.807) is 0 Å². The summed E-state index contributed by atoms with van der Waals surface area (Å²) in [5.74, 6) is 0.710. The minimum atomic E-state index is 0.684. The molecule has 0 saturated heterocycles. The Hall–Kier alpha value is -0.550. The largest absolute Gasteiger partial charge is 0.299 e. The monoisotopic (exact) mass is 222 g/mol. The molecule has 1 aliphatic rings. The first-order valence-electron chi connectivity index (χ1n) is 6.85. The average molecular weight is 222 g/mol. The molecule has 0 aromatic heterocycles. The van der Waals surface area contributed by atoms with Gasteiger partial charge in [0, 0.05) is 25.6 Å². The van der Waals surface area contributed by atoms with E-state index in [4.69, 9.17) is 5.26 Å². The van der Waals surface area contributed by atoms with Crippen LogP contribution in [0.25, 0.3) is 0 Å². The maximum Gasteiger partial charge on any atom is 0.0635 e. The second kappa shape index (κ2) is 7.68. The summed E-state index contributed by atoms with van der Waals surface area (Å²) in [5.41, 5.74) is 0. The maximum atomic E-state index is 8.73. The molecule has 2 heteroatoms. The van der Waals surface area contributed by atoms with Crippen molar-refractivity contribution in [2.45, 2.75) is 64.8 Å². The molecule has 92 valence electrons. The van der Waals surface area contributed by atoms with Crippen LogP contribution < -0.4 is 0 Å². The van der Waals surface area contributed by atoms with Crippen molar-refractivity contribution in [1.29, 1.82) is 5.26 Å². The van der Waals surface area contributed by atoms with Crippen molar-refractivity contribution in [2.24, 2.45) is 5.92 Å². The summed E-state index contributed by atoms with van der Waals surface area (Å²) >= 11 is 0. The predicted octanol–water partition coefficient (Wildman–Crippen LogP) is 3.58. The summed E-state index contributed by atoms with van der Waals surface area (Å²) in [7, 11) is 0. The number of hydrogen-bond acceptors (Lipinski definition) is 2. The third-order valence-electron chi connectivity index (χ3n) is 3.45. The van der Waals surface area contributed by atoms with Gasteiger partial charge in [0.05, 0.1) is 6.07 Å². The molecule has 1 rings (SSSR count). The first-order chi connectivity index (χ1) is 7.74. The Morgan fingerprint density at radius 3 is 2.31 bits per heavy atom. The van der Waals surface area contributed by atoms with E-state index in [9.17, 15) is 0 Å². The van der Waals surface area contributed by atoms with Gasteiger partial charge in [0.15, 0.2) is 0 Å². The predicted molar refractivity (Wildman–Crippen MR) is 68.1 cm³/mol. The lowest BCUT2D eigenvalue weighted by molar-refractivity contribution is 0.163. The standard InChI is InChI=1S/C14H26N2/c1-13(2)12-16(11-7-10-15)14-8-5-3-4-6-9-14/h13-14H,3-9,11-12H2,1-2H3. The molecular formula is C14H26N2. The number of rotatable bonds is 5. The lowest BCUT2D eigenvalue weighted by Gasteiger charge is -2.31. The van der Waals surface area contributed by atoms with Crippen molar-refractivity contribution in [1.82, 2.24) is 4.90 Å². The zero-order valence-corrected chi connectivity index (χ0v) is 10.9. The average Bonchev–Trinajstić information content (AvgIpc) is 2.52. The smallest absolute Gasteiger partial charge is 0.0635 e. The third-order valence-corrected chi connectivity index (χ3v) is 3.45. The molecule has 2 nitrogen and oxygen atoms in total. The van der Waals surface area contributed by atoms with Crippen molar-refractivity contribution >= 4 is 0 Å². The molecule has 1 fully saturated rings. The quantitative estimate of drug-likeness (QED) is 0.665. The van der Waals surface area contributed by atoms with Gasteiger partial charge in [-0.15, -0.1) is 0 Å². The zero-order valence-electron chi connectivity index (χ0n) is 10.9. The molecule has 1 aliphatic carbocycles. The van der Waals surface area contributed by atoms with Crippen molar-refractivity contribution < 1.29 is 0 Å². The molecule has 0 heterocycles. The van der Waals surface area contributed by atoms with Crippen molar-refractivity contribution in [3.8, 4) is 6.07 Å². The van der Waals surface area contributed by atoms with Gasteiger partial charge in [-0.1, -0.05) is 39.5 Å². The Balaban J connectivity index is 2.47. The molecule has 0 aromatic rings. The topological polar surface area (TPSA) is 27.0 Å². The van der Waals surface area contributed by atoms with Crippen LogP contribution in [0.2, 0.25) is 0 Å². The highest BCUT2D eigenvalue weighted by molar-refractivity contribution is 4.79. The van der Waals surface area contributed by atoms with Crippen LogP contribution >= 0.6 is 0 Å². The van der Waals surface area contributed by atoms with E-state index in [0.29, 0.717) is 12.3 Å². The minimum Gasteiger partial charge on any atom is -0.299 e. The lowest BCUT2D eigenvalue weighted by atomic mass is 10.0.